The standard InChI is InChI=1S/C12H15N3O.ClH/c1-2-6-11-10(5-1)14-12(15-11)16-9-4-3-7-13-8-9;/h1-2,5-6,9,13H,3-4,7-8H2,(H,14,15);1H. The van der Waals surface area contributed by atoms with Gasteiger partial charge in [-0.3, -0.25) is 0 Å². The van der Waals surface area contributed by atoms with Crippen molar-refractivity contribution >= 4 is 23.4 Å². The van der Waals surface area contributed by atoms with E-state index in [4.69, 9.17) is 4.74 Å². The first kappa shape index (κ1) is 12.2. The third-order valence-corrected chi connectivity index (χ3v) is 2.90. The van der Waals surface area contributed by atoms with E-state index in [1.807, 2.05) is 24.3 Å². The molecule has 1 atom stereocenters. The van der Waals surface area contributed by atoms with E-state index in [2.05, 4.69) is 15.3 Å². The van der Waals surface area contributed by atoms with Gasteiger partial charge in [0.1, 0.15) is 6.10 Å². The van der Waals surface area contributed by atoms with Crippen molar-refractivity contribution in [1.29, 1.82) is 0 Å². The number of ether oxygens (including phenoxy) is 1. The average molecular weight is 254 g/mol. The summed E-state index contributed by atoms with van der Waals surface area (Å²) >= 11 is 0. The van der Waals surface area contributed by atoms with Crippen molar-refractivity contribution in [3.63, 3.8) is 0 Å². The van der Waals surface area contributed by atoms with Crippen molar-refractivity contribution in [2.24, 2.45) is 0 Å². The Hall–Kier alpha value is -1.26. The van der Waals surface area contributed by atoms with E-state index in [-0.39, 0.29) is 18.5 Å². The van der Waals surface area contributed by atoms with E-state index < -0.39 is 0 Å². The Morgan fingerprint density at radius 1 is 1.29 bits per heavy atom. The molecular weight excluding hydrogens is 238 g/mol. The topological polar surface area (TPSA) is 49.9 Å². The second-order valence-corrected chi connectivity index (χ2v) is 4.15. The third kappa shape index (κ3) is 2.70. The Morgan fingerprint density at radius 2 is 2.18 bits per heavy atom. The van der Waals surface area contributed by atoms with Crippen LogP contribution in [0, 0.1) is 0 Å². The maximum absolute atomic E-state index is 5.81. The molecule has 1 aromatic heterocycles. The number of hydrogen-bond acceptors (Lipinski definition) is 3. The molecular formula is C12H16ClN3O. The molecule has 3 rings (SSSR count). The molecule has 1 fully saturated rings. The fraction of sp³-hybridized carbons (Fsp3) is 0.417. The summed E-state index contributed by atoms with van der Waals surface area (Å²) in [4.78, 5) is 7.58. The summed E-state index contributed by atoms with van der Waals surface area (Å²) in [6.07, 6.45) is 2.52. The fourth-order valence-electron chi connectivity index (χ4n) is 2.06. The largest absolute Gasteiger partial charge is 0.460 e. The minimum Gasteiger partial charge on any atom is -0.460 e. The second kappa shape index (κ2) is 5.38. The Kier molecular flexibility index (Phi) is 3.86. The number of nitrogens with one attached hydrogen (secondary N) is 2. The van der Waals surface area contributed by atoms with Gasteiger partial charge in [0, 0.05) is 6.54 Å². The monoisotopic (exact) mass is 253 g/mol. The summed E-state index contributed by atoms with van der Waals surface area (Å²) in [6, 6.07) is 8.60. The van der Waals surface area contributed by atoms with Gasteiger partial charge in [0.15, 0.2) is 0 Å². The van der Waals surface area contributed by atoms with Gasteiger partial charge in [0.25, 0.3) is 6.01 Å². The second-order valence-electron chi connectivity index (χ2n) is 4.15. The number of rotatable bonds is 2. The van der Waals surface area contributed by atoms with Gasteiger partial charge in [-0.25, -0.2) is 0 Å². The molecule has 1 aromatic carbocycles. The zero-order chi connectivity index (χ0) is 10.8. The maximum atomic E-state index is 5.81. The zero-order valence-corrected chi connectivity index (χ0v) is 10.3. The van der Waals surface area contributed by atoms with Gasteiger partial charge in [0.2, 0.25) is 0 Å². The summed E-state index contributed by atoms with van der Waals surface area (Å²) in [5.74, 6) is 0. The Morgan fingerprint density at radius 3 is 2.94 bits per heavy atom. The van der Waals surface area contributed by atoms with Crippen molar-refractivity contribution in [1.82, 2.24) is 15.3 Å². The molecule has 0 radical (unpaired) electrons. The number of aromatic amines is 1. The van der Waals surface area contributed by atoms with Crippen LogP contribution >= 0.6 is 12.4 Å². The highest BCUT2D eigenvalue weighted by atomic mass is 35.5. The molecule has 1 saturated heterocycles. The van der Waals surface area contributed by atoms with Crippen LogP contribution in [0.3, 0.4) is 0 Å². The number of fused-ring (bicyclic) bond motifs is 1. The molecule has 0 aliphatic carbocycles. The fourth-order valence-corrected chi connectivity index (χ4v) is 2.06. The van der Waals surface area contributed by atoms with Gasteiger partial charge in [0.05, 0.1) is 11.0 Å². The predicted molar refractivity (Wildman–Crippen MR) is 69.9 cm³/mol. The van der Waals surface area contributed by atoms with Crippen LogP contribution in [0.25, 0.3) is 11.0 Å². The molecule has 4 nitrogen and oxygen atoms in total. The highest BCUT2D eigenvalue weighted by Gasteiger charge is 2.15. The lowest BCUT2D eigenvalue weighted by Crippen LogP contribution is -2.37. The SMILES string of the molecule is Cl.c1ccc2[nH]c(OC3CCCNC3)nc2c1. The van der Waals surface area contributed by atoms with E-state index in [1.54, 1.807) is 0 Å². The van der Waals surface area contributed by atoms with Crippen LogP contribution in [0.15, 0.2) is 24.3 Å². The lowest BCUT2D eigenvalue weighted by molar-refractivity contribution is 0.155. The molecule has 0 saturated carbocycles. The molecule has 0 amide bonds. The van der Waals surface area contributed by atoms with Gasteiger partial charge in [-0.15, -0.1) is 12.4 Å². The first-order valence-electron chi connectivity index (χ1n) is 5.74. The molecule has 0 bridgehead atoms. The number of piperidine rings is 1. The van der Waals surface area contributed by atoms with Crippen LogP contribution in [-0.2, 0) is 0 Å². The molecule has 0 spiro atoms. The van der Waals surface area contributed by atoms with Crippen LogP contribution < -0.4 is 10.1 Å². The lowest BCUT2D eigenvalue weighted by Gasteiger charge is -2.22. The van der Waals surface area contributed by atoms with E-state index in [0.717, 1.165) is 30.5 Å². The van der Waals surface area contributed by atoms with Crippen LogP contribution in [0.2, 0.25) is 0 Å². The van der Waals surface area contributed by atoms with E-state index in [9.17, 15) is 0 Å². The molecule has 1 aliphatic heterocycles. The number of imidazole rings is 1. The molecule has 1 unspecified atom stereocenters. The highest BCUT2D eigenvalue weighted by molar-refractivity contribution is 5.85. The first-order valence-corrected chi connectivity index (χ1v) is 5.74. The summed E-state index contributed by atoms with van der Waals surface area (Å²) in [7, 11) is 0. The number of hydrogen-bond donors (Lipinski definition) is 2. The van der Waals surface area contributed by atoms with Gasteiger partial charge in [-0.1, -0.05) is 12.1 Å². The van der Waals surface area contributed by atoms with Gasteiger partial charge in [-0.05, 0) is 31.5 Å². The molecule has 92 valence electrons. The highest BCUT2D eigenvalue weighted by Crippen LogP contribution is 2.17. The molecule has 2 aromatic rings. The van der Waals surface area contributed by atoms with E-state index in [0.29, 0.717) is 6.01 Å². The summed E-state index contributed by atoms with van der Waals surface area (Å²) < 4.78 is 5.81. The van der Waals surface area contributed by atoms with Crippen molar-refractivity contribution < 1.29 is 4.74 Å². The number of para-hydroxylation sites is 2. The summed E-state index contributed by atoms with van der Waals surface area (Å²) in [5, 5.41) is 3.32. The summed E-state index contributed by atoms with van der Waals surface area (Å²) in [6.45, 7) is 2.01. The zero-order valence-electron chi connectivity index (χ0n) is 9.48. The van der Waals surface area contributed by atoms with E-state index >= 15 is 0 Å². The van der Waals surface area contributed by atoms with Crippen molar-refractivity contribution in [3.8, 4) is 6.01 Å². The van der Waals surface area contributed by atoms with Crippen LogP contribution in [-0.4, -0.2) is 29.2 Å². The van der Waals surface area contributed by atoms with Crippen molar-refractivity contribution in [3.05, 3.63) is 24.3 Å². The molecule has 1 aliphatic rings. The number of H-pyrrole nitrogens is 1. The normalized spacial score (nSPS) is 19.9. The minimum absolute atomic E-state index is 0. The predicted octanol–water partition coefficient (Wildman–Crippen LogP) is 2.12. The van der Waals surface area contributed by atoms with Crippen LogP contribution in [0.5, 0.6) is 6.01 Å². The average Bonchev–Trinajstić information content (AvgIpc) is 2.72. The third-order valence-electron chi connectivity index (χ3n) is 2.90. The van der Waals surface area contributed by atoms with Gasteiger partial charge < -0.3 is 15.0 Å². The number of aromatic nitrogens is 2. The number of halogens is 1. The first-order chi connectivity index (χ1) is 7.92. The minimum atomic E-state index is 0. The van der Waals surface area contributed by atoms with Crippen molar-refractivity contribution in [2.75, 3.05) is 13.1 Å². The van der Waals surface area contributed by atoms with E-state index in [1.165, 1.54) is 6.42 Å². The van der Waals surface area contributed by atoms with Crippen molar-refractivity contribution in [2.45, 2.75) is 18.9 Å². The Bertz CT molecular complexity index is 446. The number of benzene rings is 1. The smallest absolute Gasteiger partial charge is 0.294 e. The Labute approximate surface area is 106 Å². The molecule has 2 N–H and O–H groups in total. The quantitative estimate of drug-likeness (QED) is 0.862. The number of nitrogens with zero attached hydrogens (tertiary/aromatic N) is 1. The van der Waals surface area contributed by atoms with Gasteiger partial charge in [-0.2, -0.15) is 4.98 Å². The Balaban J connectivity index is 0.00000108. The molecule has 17 heavy (non-hydrogen) atoms. The van der Waals surface area contributed by atoms with Crippen LogP contribution in [0.4, 0.5) is 0 Å². The summed E-state index contributed by atoms with van der Waals surface area (Å²) in [5.41, 5.74) is 1.99. The molecule has 5 heteroatoms. The van der Waals surface area contributed by atoms with Gasteiger partial charge >= 0.3 is 0 Å². The lowest BCUT2D eigenvalue weighted by atomic mass is 10.1. The van der Waals surface area contributed by atoms with Crippen LogP contribution in [0.1, 0.15) is 12.8 Å². The maximum Gasteiger partial charge on any atom is 0.294 e. The molecule has 2 heterocycles.